The van der Waals surface area contributed by atoms with Gasteiger partial charge in [-0.3, -0.25) is 0 Å². The van der Waals surface area contributed by atoms with E-state index in [2.05, 4.69) is 53.3 Å². The molecule has 6 heteroatoms. The van der Waals surface area contributed by atoms with Crippen LogP contribution in [0.3, 0.4) is 0 Å². The van der Waals surface area contributed by atoms with Gasteiger partial charge >= 0.3 is 0 Å². The van der Waals surface area contributed by atoms with Crippen LogP contribution in [0.15, 0.2) is 33.7 Å². The standard InChI is InChI=1S/C20H28N4O2/c1-5-21-20(22-12-19-23-15(3)16(4)26-19)24-10-11-25-18(13-24)17-9-7-6-8-14(17)2/h6-9,18H,5,10-13H2,1-4H3,(H,21,22). The third-order valence-electron chi connectivity index (χ3n) is 4.67. The van der Waals surface area contributed by atoms with Crippen molar-refractivity contribution in [3.8, 4) is 0 Å². The van der Waals surface area contributed by atoms with E-state index in [-0.39, 0.29) is 6.10 Å². The summed E-state index contributed by atoms with van der Waals surface area (Å²) in [5.41, 5.74) is 3.42. The number of nitrogens with zero attached hydrogens (tertiary/aromatic N) is 3. The molecule has 3 rings (SSSR count). The monoisotopic (exact) mass is 356 g/mol. The second-order valence-corrected chi connectivity index (χ2v) is 6.58. The minimum atomic E-state index is 0.0556. The number of hydrogen-bond acceptors (Lipinski definition) is 4. The van der Waals surface area contributed by atoms with Crippen molar-refractivity contribution < 1.29 is 9.15 Å². The fourth-order valence-corrected chi connectivity index (χ4v) is 3.15. The number of oxazole rings is 1. The molecule has 0 saturated carbocycles. The van der Waals surface area contributed by atoms with Crippen LogP contribution in [-0.2, 0) is 11.3 Å². The first-order valence-corrected chi connectivity index (χ1v) is 9.21. The second-order valence-electron chi connectivity index (χ2n) is 6.58. The highest BCUT2D eigenvalue weighted by Gasteiger charge is 2.25. The first kappa shape index (κ1) is 18.5. The molecule has 1 aromatic carbocycles. The Morgan fingerprint density at radius 2 is 2.12 bits per heavy atom. The lowest BCUT2D eigenvalue weighted by molar-refractivity contribution is -0.00835. The van der Waals surface area contributed by atoms with Gasteiger partial charge in [0.05, 0.1) is 18.8 Å². The molecular weight excluding hydrogens is 328 g/mol. The Kier molecular flexibility index (Phi) is 5.93. The predicted molar refractivity (Wildman–Crippen MR) is 102 cm³/mol. The molecule has 0 aliphatic carbocycles. The zero-order valence-electron chi connectivity index (χ0n) is 16.1. The van der Waals surface area contributed by atoms with Crippen molar-refractivity contribution in [2.45, 2.75) is 40.3 Å². The zero-order chi connectivity index (χ0) is 18.5. The summed E-state index contributed by atoms with van der Waals surface area (Å²) in [6.45, 7) is 11.6. The van der Waals surface area contributed by atoms with Gasteiger partial charge in [0.1, 0.15) is 18.4 Å². The maximum absolute atomic E-state index is 6.03. The summed E-state index contributed by atoms with van der Waals surface area (Å²) in [6.07, 6.45) is 0.0556. The third kappa shape index (κ3) is 4.25. The molecule has 1 unspecified atom stereocenters. The molecular formula is C20H28N4O2. The van der Waals surface area contributed by atoms with Gasteiger partial charge < -0.3 is 19.4 Å². The highest BCUT2D eigenvalue weighted by atomic mass is 16.5. The Labute approximate surface area is 155 Å². The second kappa shape index (κ2) is 8.36. The van der Waals surface area contributed by atoms with Gasteiger partial charge in [-0.05, 0) is 38.8 Å². The van der Waals surface area contributed by atoms with Crippen molar-refractivity contribution in [1.29, 1.82) is 0 Å². The van der Waals surface area contributed by atoms with Crippen LogP contribution in [0.5, 0.6) is 0 Å². The number of hydrogen-bond donors (Lipinski definition) is 1. The first-order chi connectivity index (χ1) is 12.6. The fourth-order valence-electron chi connectivity index (χ4n) is 3.15. The largest absolute Gasteiger partial charge is 0.444 e. The van der Waals surface area contributed by atoms with E-state index in [1.807, 2.05) is 13.8 Å². The van der Waals surface area contributed by atoms with Gasteiger partial charge in [0.2, 0.25) is 5.89 Å². The van der Waals surface area contributed by atoms with Crippen molar-refractivity contribution in [2.24, 2.45) is 4.99 Å². The minimum absolute atomic E-state index is 0.0556. The number of guanidine groups is 1. The summed E-state index contributed by atoms with van der Waals surface area (Å²) in [6, 6.07) is 8.40. The van der Waals surface area contributed by atoms with E-state index in [1.165, 1.54) is 11.1 Å². The Bertz CT molecular complexity index is 749. The molecule has 0 bridgehead atoms. The van der Waals surface area contributed by atoms with Crippen molar-refractivity contribution in [1.82, 2.24) is 15.2 Å². The average Bonchev–Trinajstić information content (AvgIpc) is 2.97. The van der Waals surface area contributed by atoms with Crippen molar-refractivity contribution in [2.75, 3.05) is 26.2 Å². The molecule has 1 saturated heterocycles. The van der Waals surface area contributed by atoms with Crippen LogP contribution in [0, 0.1) is 20.8 Å². The van der Waals surface area contributed by atoms with Gasteiger partial charge in [-0.15, -0.1) is 0 Å². The molecule has 1 fully saturated rings. The molecule has 26 heavy (non-hydrogen) atoms. The molecule has 140 valence electrons. The van der Waals surface area contributed by atoms with E-state index >= 15 is 0 Å². The topological polar surface area (TPSA) is 62.9 Å². The summed E-state index contributed by atoms with van der Waals surface area (Å²) in [4.78, 5) is 11.4. The van der Waals surface area contributed by atoms with Crippen LogP contribution in [0.4, 0.5) is 0 Å². The lowest BCUT2D eigenvalue weighted by atomic mass is 10.0. The van der Waals surface area contributed by atoms with Crippen molar-refractivity contribution in [3.63, 3.8) is 0 Å². The maximum atomic E-state index is 6.03. The van der Waals surface area contributed by atoms with Crippen LogP contribution >= 0.6 is 0 Å². The van der Waals surface area contributed by atoms with Gasteiger partial charge in [0, 0.05) is 13.1 Å². The molecule has 0 amide bonds. The van der Waals surface area contributed by atoms with Gasteiger partial charge in [0.25, 0.3) is 0 Å². The van der Waals surface area contributed by atoms with Crippen LogP contribution in [0.2, 0.25) is 0 Å². The number of nitrogens with one attached hydrogen (secondary N) is 1. The Morgan fingerprint density at radius 1 is 1.31 bits per heavy atom. The van der Waals surface area contributed by atoms with E-state index in [4.69, 9.17) is 14.1 Å². The van der Waals surface area contributed by atoms with Crippen LogP contribution in [-0.4, -0.2) is 42.1 Å². The van der Waals surface area contributed by atoms with Gasteiger partial charge in [-0.2, -0.15) is 0 Å². The number of morpholine rings is 1. The first-order valence-electron chi connectivity index (χ1n) is 9.21. The molecule has 2 aromatic rings. The van der Waals surface area contributed by atoms with Crippen LogP contribution in [0.1, 0.15) is 41.5 Å². The maximum Gasteiger partial charge on any atom is 0.216 e. The molecule has 1 aliphatic heterocycles. The van der Waals surface area contributed by atoms with E-state index in [1.54, 1.807) is 0 Å². The highest BCUT2D eigenvalue weighted by molar-refractivity contribution is 5.80. The number of aromatic nitrogens is 1. The molecule has 0 spiro atoms. The lowest BCUT2D eigenvalue weighted by Crippen LogP contribution is -2.48. The average molecular weight is 356 g/mol. The van der Waals surface area contributed by atoms with E-state index < -0.39 is 0 Å². The Balaban J connectivity index is 1.74. The van der Waals surface area contributed by atoms with Crippen LogP contribution < -0.4 is 5.32 Å². The quantitative estimate of drug-likeness (QED) is 0.673. The number of aliphatic imine (C=N–C) groups is 1. The summed E-state index contributed by atoms with van der Waals surface area (Å²) in [5, 5.41) is 3.38. The van der Waals surface area contributed by atoms with Crippen molar-refractivity contribution >= 4 is 5.96 Å². The van der Waals surface area contributed by atoms with E-state index in [0.717, 1.165) is 37.0 Å². The fraction of sp³-hybridized carbons (Fsp3) is 0.500. The molecule has 1 atom stereocenters. The number of aryl methyl sites for hydroxylation is 3. The van der Waals surface area contributed by atoms with Gasteiger partial charge in [-0.25, -0.2) is 9.98 Å². The Hall–Kier alpha value is -2.34. The number of ether oxygens (including phenoxy) is 1. The summed E-state index contributed by atoms with van der Waals surface area (Å²) >= 11 is 0. The molecule has 2 heterocycles. The Morgan fingerprint density at radius 3 is 2.81 bits per heavy atom. The third-order valence-corrected chi connectivity index (χ3v) is 4.67. The number of rotatable bonds is 4. The normalized spacial score (nSPS) is 18.2. The summed E-state index contributed by atoms with van der Waals surface area (Å²) in [5.74, 6) is 2.38. The SMILES string of the molecule is CCNC(=NCc1nc(C)c(C)o1)N1CCOC(c2ccccc2C)C1. The number of benzene rings is 1. The molecule has 0 radical (unpaired) electrons. The van der Waals surface area contributed by atoms with E-state index in [9.17, 15) is 0 Å². The summed E-state index contributed by atoms with van der Waals surface area (Å²) in [7, 11) is 0. The summed E-state index contributed by atoms with van der Waals surface area (Å²) < 4.78 is 11.7. The molecule has 1 N–H and O–H groups in total. The van der Waals surface area contributed by atoms with Crippen LogP contribution in [0.25, 0.3) is 0 Å². The highest BCUT2D eigenvalue weighted by Crippen LogP contribution is 2.25. The minimum Gasteiger partial charge on any atom is -0.444 e. The predicted octanol–water partition coefficient (Wildman–Crippen LogP) is 3.14. The smallest absolute Gasteiger partial charge is 0.216 e. The molecule has 6 nitrogen and oxygen atoms in total. The van der Waals surface area contributed by atoms with Crippen molar-refractivity contribution in [3.05, 3.63) is 52.7 Å². The molecule has 1 aliphatic rings. The van der Waals surface area contributed by atoms with Gasteiger partial charge in [0.15, 0.2) is 5.96 Å². The lowest BCUT2D eigenvalue weighted by Gasteiger charge is -2.35. The zero-order valence-corrected chi connectivity index (χ0v) is 16.1. The van der Waals surface area contributed by atoms with Gasteiger partial charge in [-0.1, -0.05) is 24.3 Å². The molecule has 1 aromatic heterocycles. The van der Waals surface area contributed by atoms with E-state index in [0.29, 0.717) is 19.0 Å².